The first-order valence-corrected chi connectivity index (χ1v) is 11.3. The van der Waals surface area contributed by atoms with E-state index in [1.807, 2.05) is 48.5 Å². The second-order valence-electron chi connectivity index (χ2n) is 8.10. The number of halogens is 2. The predicted octanol–water partition coefficient (Wildman–Crippen LogP) is 8.76. The molecule has 0 saturated heterocycles. The zero-order chi connectivity index (χ0) is 21.3. The molecule has 158 valence electrons. The second-order valence-corrected chi connectivity index (χ2v) is 8.10. The fraction of sp³-hybridized carbons (Fsp3) is 0.357. The third-order valence-corrected chi connectivity index (χ3v) is 5.72. The van der Waals surface area contributed by atoms with Gasteiger partial charge in [0.25, 0.3) is 0 Å². The van der Waals surface area contributed by atoms with E-state index in [2.05, 4.69) is 13.8 Å². The molecule has 3 aromatic rings. The van der Waals surface area contributed by atoms with E-state index in [1.54, 1.807) is 12.1 Å². The summed E-state index contributed by atoms with van der Waals surface area (Å²) >= 11 is 0. The molecule has 0 radical (unpaired) electrons. The van der Waals surface area contributed by atoms with Crippen LogP contribution in [0.3, 0.4) is 0 Å². The standard InChI is InChI=1S/C28H32F2/c1-3-5-6-7-8-10-22-13-17-24(18-14-22)26-20-19-25(27(29)28(26)30)23-15-11-21(9-4-2)12-16-23/h11-20H,3-10H2,1-2H3. The zero-order valence-electron chi connectivity index (χ0n) is 18.2. The molecule has 0 heterocycles. The number of hydrogen-bond donors (Lipinski definition) is 0. The van der Waals surface area contributed by atoms with Gasteiger partial charge in [0.2, 0.25) is 0 Å². The third-order valence-electron chi connectivity index (χ3n) is 5.72. The number of rotatable bonds is 10. The maximum atomic E-state index is 14.9. The summed E-state index contributed by atoms with van der Waals surface area (Å²) in [7, 11) is 0. The Kier molecular flexibility index (Phi) is 8.19. The van der Waals surface area contributed by atoms with Crippen molar-refractivity contribution in [2.75, 3.05) is 0 Å². The highest BCUT2D eigenvalue weighted by Crippen LogP contribution is 2.32. The van der Waals surface area contributed by atoms with Gasteiger partial charge in [-0.25, -0.2) is 8.78 Å². The average molecular weight is 407 g/mol. The van der Waals surface area contributed by atoms with Crippen molar-refractivity contribution in [2.24, 2.45) is 0 Å². The lowest BCUT2D eigenvalue weighted by Gasteiger charge is -2.10. The Morgan fingerprint density at radius 2 is 0.967 bits per heavy atom. The van der Waals surface area contributed by atoms with Crippen molar-refractivity contribution in [3.8, 4) is 22.3 Å². The molecule has 0 saturated carbocycles. The van der Waals surface area contributed by atoms with Gasteiger partial charge in [0, 0.05) is 11.1 Å². The molecule has 0 fully saturated rings. The molecule has 3 rings (SSSR count). The highest BCUT2D eigenvalue weighted by molar-refractivity contribution is 5.72. The Morgan fingerprint density at radius 3 is 1.43 bits per heavy atom. The van der Waals surface area contributed by atoms with Crippen LogP contribution in [-0.4, -0.2) is 0 Å². The molecule has 0 aromatic heterocycles. The van der Waals surface area contributed by atoms with Crippen molar-refractivity contribution < 1.29 is 8.78 Å². The van der Waals surface area contributed by atoms with Gasteiger partial charge >= 0.3 is 0 Å². The van der Waals surface area contributed by atoms with Crippen LogP contribution in [0.2, 0.25) is 0 Å². The van der Waals surface area contributed by atoms with Crippen LogP contribution in [0.4, 0.5) is 8.78 Å². The van der Waals surface area contributed by atoms with Gasteiger partial charge in [-0.1, -0.05) is 107 Å². The minimum Gasteiger partial charge on any atom is -0.203 e. The van der Waals surface area contributed by atoms with Gasteiger partial charge in [0.15, 0.2) is 11.6 Å². The average Bonchev–Trinajstić information content (AvgIpc) is 2.77. The molecule has 0 unspecified atom stereocenters. The molecule has 0 spiro atoms. The van der Waals surface area contributed by atoms with Gasteiger partial charge in [-0.15, -0.1) is 0 Å². The van der Waals surface area contributed by atoms with Crippen LogP contribution in [0.25, 0.3) is 22.3 Å². The first kappa shape index (κ1) is 22.2. The van der Waals surface area contributed by atoms with Gasteiger partial charge < -0.3 is 0 Å². The summed E-state index contributed by atoms with van der Waals surface area (Å²) in [5.74, 6) is -1.56. The SMILES string of the molecule is CCCCCCCc1ccc(-c2ccc(-c3ccc(CCC)cc3)c(F)c2F)cc1. The Morgan fingerprint density at radius 1 is 0.500 bits per heavy atom. The van der Waals surface area contributed by atoms with Gasteiger partial charge in [0.05, 0.1) is 0 Å². The monoisotopic (exact) mass is 406 g/mol. The summed E-state index contributed by atoms with van der Waals surface area (Å²) < 4.78 is 29.7. The lowest BCUT2D eigenvalue weighted by atomic mass is 9.96. The van der Waals surface area contributed by atoms with E-state index >= 15 is 0 Å². The fourth-order valence-corrected chi connectivity index (χ4v) is 3.92. The zero-order valence-corrected chi connectivity index (χ0v) is 18.2. The first-order valence-electron chi connectivity index (χ1n) is 11.3. The van der Waals surface area contributed by atoms with Gasteiger partial charge in [-0.3, -0.25) is 0 Å². The molecule has 0 amide bonds. The summed E-state index contributed by atoms with van der Waals surface area (Å²) in [6, 6.07) is 19.0. The molecule has 2 heteroatoms. The minimum atomic E-state index is -0.782. The molecule has 0 bridgehead atoms. The topological polar surface area (TPSA) is 0 Å². The van der Waals surface area contributed by atoms with Crippen LogP contribution in [0, 0.1) is 11.6 Å². The third kappa shape index (κ3) is 5.56. The lowest BCUT2D eigenvalue weighted by Crippen LogP contribution is -1.95. The summed E-state index contributed by atoms with van der Waals surface area (Å²) in [4.78, 5) is 0. The van der Waals surface area contributed by atoms with Crippen molar-refractivity contribution >= 4 is 0 Å². The Bertz CT molecular complexity index is 924. The predicted molar refractivity (Wildman–Crippen MR) is 124 cm³/mol. The van der Waals surface area contributed by atoms with Gasteiger partial charge in [-0.2, -0.15) is 0 Å². The van der Waals surface area contributed by atoms with Crippen LogP contribution in [-0.2, 0) is 12.8 Å². The summed E-state index contributed by atoms with van der Waals surface area (Å²) in [5, 5.41) is 0. The van der Waals surface area contributed by atoms with Crippen molar-refractivity contribution in [3.05, 3.63) is 83.4 Å². The summed E-state index contributed by atoms with van der Waals surface area (Å²) in [6.07, 6.45) is 9.34. The second kappa shape index (κ2) is 11.1. The minimum absolute atomic E-state index is 0.308. The van der Waals surface area contributed by atoms with Crippen molar-refractivity contribution in [1.82, 2.24) is 0 Å². The van der Waals surface area contributed by atoms with Gasteiger partial charge in [0.1, 0.15) is 0 Å². The maximum Gasteiger partial charge on any atom is 0.167 e. The van der Waals surface area contributed by atoms with Crippen molar-refractivity contribution in [1.29, 1.82) is 0 Å². The molecule has 3 aromatic carbocycles. The van der Waals surface area contributed by atoms with Crippen molar-refractivity contribution in [2.45, 2.75) is 65.2 Å². The van der Waals surface area contributed by atoms with E-state index in [-0.39, 0.29) is 0 Å². The molecule has 30 heavy (non-hydrogen) atoms. The smallest absolute Gasteiger partial charge is 0.167 e. The lowest BCUT2D eigenvalue weighted by molar-refractivity contribution is 0.514. The van der Waals surface area contributed by atoms with Crippen LogP contribution in [0.15, 0.2) is 60.7 Å². The number of unbranched alkanes of at least 4 members (excludes halogenated alkanes) is 4. The van der Waals surface area contributed by atoms with E-state index in [4.69, 9.17) is 0 Å². The summed E-state index contributed by atoms with van der Waals surface area (Å²) in [6.45, 7) is 4.35. The Balaban J connectivity index is 1.73. The van der Waals surface area contributed by atoms with E-state index in [0.717, 1.165) is 19.3 Å². The Labute approximate surface area is 180 Å². The maximum absolute atomic E-state index is 14.9. The summed E-state index contributed by atoms with van der Waals surface area (Å²) in [5.41, 5.74) is 4.50. The number of aryl methyl sites for hydroxylation is 2. The van der Waals surface area contributed by atoms with Crippen LogP contribution >= 0.6 is 0 Å². The molecule has 0 aliphatic carbocycles. The molecular weight excluding hydrogens is 374 g/mol. The Hall–Kier alpha value is -2.48. The molecule has 0 N–H and O–H groups in total. The molecule has 0 aliphatic rings. The van der Waals surface area contributed by atoms with E-state index < -0.39 is 11.6 Å². The fourth-order valence-electron chi connectivity index (χ4n) is 3.92. The van der Waals surface area contributed by atoms with Crippen molar-refractivity contribution in [3.63, 3.8) is 0 Å². The number of hydrogen-bond acceptors (Lipinski definition) is 0. The molecule has 0 atom stereocenters. The normalized spacial score (nSPS) is 11.1. The molecular formula is C28H32F2. The van der Waals surface area contributed by atoms with E-state index in [0.29, 0.717) is 22.3 Å². The van der Waals surface area contributed by atoms with Crippen LogP contribution in [0.5, 0.6) is 0 Å². The first-order chi connectivity index (χ1) is 14.6. The quantitative estimate of drug-likeness (QED) is 0.295. The highest BCUT2D eigenvalue weighted by atomic mass is 19.2. The molecule has 0 nitrogen and oxygen atoms in total. The molecule has 0 aliphatic heterocycles. The van der Waals surface area contributed by atoms with Crippen LogP contribution in [0.1, 0.15) is 63.5 Å². The van der Waals surface area contributed by atoms with Crippen LogP contribution < -0.4 is 0 Å². The highest BCUT2D eigenvalue weighted by Gasteiger charge is 2.16. The number of benzene rings is 3. The van der Waals surface area contributed by atoms with E-state index in [9.17, 15) is 8.78 Å². The van der Waals surface area contributed by atoms with E-state index in [1.165, 1.54) is 43.2 Å². The van der Waals surface area contributed by atoms with Gasteiger partial charge in [-0.05, 0) is 41.5 Å². The largest absolute Gasteiger partial charge is 0.203 e.